The van der Waals surface area contributed by atoms with E-state index < -0.39 is 0 Å². The maximum atomic E-state index is 3.50. The molecule has 1 fully saturated rings. The van der Waals surface area contributed by atoms with Gasteiger partial charge in [-0.25, -0.2) is 0 Å². The first kappa shape index (κ1) is 16.5. The molecule has 1 aromatic rings. The predicted molar refractivity (Wildman–Crippen MR) is 91.7 cm³/mol. The van der Waals surface area contributed by atoms with Gasteiger partial charge in [-0.3, -0.25) is 4.90 Å². The molecular formula is C19H32N2. The molecule has 1 heterocycles. The lowest BCUT2D eigenvalue weighted by molar-refractivity contribution is 0.166. The fourth-order valence-electron chi connectivity index (χ4n) is 3.18. The zero-order valence-corrected chi connectivity index (χ0v) is 14.3. The number of hydrogen-bond acceptors (Lipinski definition) is 2. The van der Waals surface area contributed by atoms with Crippen molar-refractivity contribution in [1.82, 2.24) is 10.2 Å². The van der Waals surface area contributed by atoms with Gasteiger partial charge in [-0.2, -0.15) is 0 Å². The molecule has 1 saturated heterocycles. The number of rotatable bonds is 5. The zero-order valence-electron chi connectivity index (χ0n) is 14.3. The molecule has 0 spiro atoms. The SMILES string of the molecule is CCNCC1CCCN(Cc2ccc(C(C)(C)C)cc2)C1. The largest absolute Gasteiger partial charge is 0.317 e. The summed E-state index contributed by atoms with van der Waals surface area (Å²) >= 11 is 0. The topological polar surface area (TPSA) is 15.3 Å². The maximum absolute atomic E-state index is 3.50. The number of likely N-dealkylation sites (tertiary alicyclic amines) is 1. The number of nitrogens with one attached hydrogen (secondary N) is 1. The molecular weight excluding hydrogens is 256 g/mol. The summed E-state index contributed by atoms with van der Waals surface area (Å²) in [5.41, 5.74) is 3.13. The van der Waals surface area contributed by atoms with Gasteiger partial charge in [0.25, 0.3) is 0 Å². The summed E-state index contributed by atoms with van der Waals surface area (Å²) in [6, 6.07) is 9.23. The van der Waals surface area contributed by atoms with Crippen molar-refractivity contribution in [1.29, 1.82) is 0 Å². The predicted octanol–water partition coefficient (Wildman–Crippen LogP) is 3.81. The van der Waals surface area contributed by atoms with E-state index >= 15 is 0 Å². The van der Waals surface area contributed by atoms with Gasteiger partial charge in [0.2, 0.25) is 0 Å². The van der Waals surface area contributed by atoms with Crippen molar-refractivity contribution in [3.05, 3.63) is 35.4 Å². The van der Waals surface area contributed by atoms with Crippen molar-refractivity contribution in [3.8, 4) is 0 Å². The van der Waals surface area contributed by atoms with E-state index in [0.717, 1.165) is 19.0 Å². The number of benzene rings is 1. The van der Waals surface area contributed by atoms with Crippen LogP contribution in [0.15, 0.2) is 24.3 Å². The zero-order chi connectivity index (χ0) is 15.3. The van der Waals surface area contributed by atoms with Crippen LogP contribution >= 0.6 is 0 Å². The molecule has 118 valence electrons. The van der Waals surface area contributed by atoms with Crippen LogP contribution in [0.2, 0.25) is 0 Å². The third-order valence-electron chi connectivity index (χ3n) is 4.51. The minimum atomic E-state index is 0.251. The molecule has 1 atom stereocenters. The summed E-state index contributed by atoms with van der Waals surface area (Å²) in [5.74, 6) is 0.826. The summed E-state index contributed by atoms with van der Waals surface area (Å²) < 4.78 is 0. The van der Waals surface area contributed by atoms with Crippen molar-refractivity contribution in [2.24, 2.45) is 5.92 Å². The monoisotopic (exact) mass is 288 g/mol. The second-order valence-corrected chi connectivity index (χ2v) is 7.50. The van der Waals surface area contributed by atoms with Crippen LogP contribution in [0.3, 0.4) is 0 Å². The van der Waals surface area contributed by atoms with Crippen molar-refractivity contribution >= 4 is 0 Å². The minimum Gasteiger partial charge on any atom is -0.317 e. The fourth-order valence-corrected chi connectivity index (χ4v) is 3.18. The molecule has 0 radical (unpaired) electrons. The normalized spacial score (nSPS) is 20.7. The highest BCUT2D eigenvalue weighted by Crippen LogP contribution is 2.23. The average molecular weight is 288 g/mol. The Morgan fingerprint density at radius 3 is 2.52 bits per heavy atom. The Kier molecular flexibility index (Phi) is 5.83. The Bertz CT molecular complexity index is 416. The highest BCUT2D eigenvalue weighted by molar-refractivity contribution is 5.27. The summed E-state index contributed by atoms with van der Waals surface area (Å²) in [6.45, 7) is 14.9. The van der Waals surface area contributed by atoms with E-state index in [1.54, 1.807) is 0 Å². The van der Waals surface area contributed by atoms with Gasteiger partial charge >= 0.3 is 0 Å². The Hall–Kier alpha value is -0.860. The van der Waals surface area contributed by atoms with Crippen molar-refractivity contribution in [2.75, 3.05) is 26.2 Å². The van der Waals surface area contributed by atoms with Crippen molar-refractivity contribution < 1.29 is 0 Å². The number of piperidine rings is 1. The van der Waals surface area contributed by atoms with Gasteiger partial charge in [0.1, 0.15) is 0 Å². The van der Waals surface area contributed by atoms with Crippen molar-refractivity contribution in [3.63, 3.8) is 0 Å². The molecule has 0 bridgehead atoms. The van der Waals surface area contributed by atoms with Gasteiger partial charge in [0, 0.05) is 13.1 Å². The summed E-state index contributed by atoms with van der Waals surface area (Å²) in [5, 5.41) is 3.50. The van der Waals surface area contributed by atoms with Gasteiger partial charge in [-0.05, 0) is 54.9 Å². The van der Waals surface area contributed by atoms with Crippen molar-refractivity contribution in [2.45, 2.75) is 52.5 Å². The van der Waals surface area contributed by atoms with E-state index in [0.29, 0.717) is 0 Å². The molecule has 0 aliphatic carbocycles. The highest BCUT2D eigenvalue weighted by Gasteiger charge is 2.19. The molecule has 2 nitrogen and oxygen atoms in total. The Labute approximate surface area is 130 Å². The third kappa shape index (κ3) is 5.12. The molecule has 21 heavy (non-hydrogen) atoms. The van der Waals surface area contributed by atoms with Crippen LogP contribution in [-0.4, -0.2) is 31.1 Å². The molecule has 1 aliphatic rings. The fraction of sp³-hybridized carbons (Fsp3) is 0.684. The van der Waals surface area contributed by atoms with E-state index in [1.165, 1.54) is 43.6 Å². The van der Waals surface area contributed by atoms with E-state index in [1.807, 2.05) is 0 Å². The van der Waals surface area contributed by atoms with Gasteiger partial charge in [0.15, 0.2) is 0 Å². The molecule has 1 N–H and O–H groups in total. The lowest BCUT2D eigenvalue weighted by Gasteiger charge is -2.33. The minimum absolute atomic E-state index is 0.251. The standard InChI is InChI=1S/C19H32N2/c1-5-20-13-17-7-6-12-21(15-17)14-16-8-10-18(11-9-16)19(2,3)4/h8-11,17,20H,5-7,12-15H2,1-4H3. The van der Waals surface area contributed by atoms with Gasteiger partial charge in [-0.15, -0.1) is 0 Å². The van der Waals surface area contributed by atoms with Crippen LogP contribution in [-0.2, 0) is 12.0 Å². The van der Waals surface area contributed by atoms with Crippen LogP contribution in [0.25, 0.3) is 0 Å². The molecule has 1 aliphatic heterocycles. The van der Waals surface area contributed by atoms with Gasteiger partial charge < -0.3 is 5.32 Å². The van der Waals surface area contributed by atoms with Crippen LogP contribution < -0.4 is 5.32 Å². The molecule has 0 aromatic heterocycles. The quantitative estimate of drug-likeness (QED) is 0.886. The van der Waals surface area contributed by atoms with Crippen LogP contribution in [0.4, 0.5) is 0 Å². The molecule has 2 rings (SSSR count). The van der Waals surface area contributed by atoms with E-state index in [4.69, 9.17) is 0 Å². The first-order valence-electron chi connectivity index (χ1n) is 8.51. The van der Waals surface area contributed by atoms with Crippen LogP contribution in [0.5, 0.6) is 0 Å². The Morgan fingerprint density at radius 1 is 1.19 bits per heavy atom. The lowest BCUT2D eigenvalue weighted by atomic mass is 9.86. The Morgan fingerprint density at radius 2 is 1.90 bits per heavy atom. The molecule has 0 saturated carbocycles. The van der Waals surface area contributed by atoms with E-state index in [-0.39, 0.29) is 5.41 Å². The molecule has 1 aromatic carbocycles. The highest BCUT2D eigenvalue weighted by atomic mass is 15.1. The number of hydrogen-bond donors (Lipinski definition) is 1. The smallest absolute Gasteiger partial charge is 0.0233 e. The second kappa shape index (κ2) is 7.42. The van der Waals surface area contributed by atoms with Crippen LogP contribution in [0, 0.1) is 5.92 Å². The number of nitrogens with zero attached hydrogens (tertiary/aromatic N) is 1. The first-order valence-corrected chi connectivity index (χ1v) is 8.51. The van der Waals surface area contributed by atoms with E-state index in [2.05, 4.69) is 62.2 Å². The third-order valence-corrected chi connectivity index (χ3v) is 4.51. The maximum Gasteiger partial charge on any atom is 0.0233 e. The summed E-state index contributed by atoms with van der Waals surface area (Å²) in [7, 11) is 0. The summed E-state index contributed by atoms with van der Waals surface area (Å²) in [4.78, 5) is 2.62. The Balaban J connectivity index is 1.89. The average Bonchev–Trinajstić information content (AvgIpc) is 2.45. The van der Waals surface area contributed by atoms with Gasteiger partial charge in [-0.1, -0.05) is 52.0 Å². The van der Waals surface area contributed by atoms with E-state index in [9.17, 15) is 0 Å². The first-order chi connectivity index (χ1) is 9.99. The molecule has 0 amide bonds. The van der Waals surface area contributed by atoms with Gasteiger partial charge in [0.05, 0.1) is 0 Å². The second-order valence-electron chi connectivity index (χ2n) is 7.50. The molecule has 1 unspecified atom stereocenters. The molecule has 2 heteroatoms. The lowest BCUT2D eigenvalue weighted by Crippen LogP contribution is -2.39. The summed E-state index contributed by atoms with van der Waals surface area (Å²) in [6.07, 6.45) is 2.72. The van der Waals surface area contributed by atoms with Crippen LogP contribution in [0.1, 0.15) is 51.7 Å².